The van der Waals surface area contributed by atoms with Gasteiger partial charge in [-0.15, -0.1) is 0 Å². The van der Waals surface area contributed by atoms with Crippen LogP contribution in [0.15, 0.2) is 0 Å². The van der Waals surface area contributed by atoms with E-state index in [9.17, 15) is 0 Å². The highest BCUT2D eigenvalue weighted by atomic mass is 16.5. The predicted molar refractivity (Wildman–Crippen MR) is 63.0 cm³/mol. The van der Waals surface area contributed by atoms with Crippen LogP contribution >= 0.6 is 0 Å². The monoisotopic (exact) mass is 211 g/mol. The van der Waals surface area contributed by atoms with Crippen LogP contribution in [0.1, 0.15) is 52.4 Å². The van der Waals surface area contributed by atoms with Gasteiger partial charge in [0.25, 0.3) is 0 Å². The quantitative estimate of drug-likeness (QED) is 0.755. The molecule has 2 rings (SSSR count). The van der Waals surface area contributed by atoms with E-state index in [0.717, 1.165) is 18.5 Å². The van der Waals surface area contributed by atoms with Crippen LogP contribution in [0.25, 0.3) is 0 Å². The zero-order valence-corrected chi connectivity index (χ0v) is 10.2. The molecule has 0 bridgehead atoms. The number of rotatable bonds is 5. The average molecular weight is 211 g/mol. The van der Waals surface area contributed by atoms with Crippen molar-refractivity contribution in [1.82, 2.24) is 5.32 Å². The van der Waals surface area contributed by atoms with E-state index in [0.29, 0.717) is 12.2 Å². The van der Waals surface area contributed by atoms with Crippen molar-refractivity contribution < 1.29 is 4.74 Å². The van der Waals surface area contributed by atoms with Crippen LogP contribution < -0.4 is 5.32 Å². The standard InChI is InChI=1S/C13H25NO/c1-10-3-7-13(8-4-10)15-11(2)9-14-12-5-6-12/h10-14H,3-9H2,1-2H3. The van der Waals surface area contributed by atoms with E-state index in [-0.39, 0.29) is 0 Å². The van der Waals surface area contributed by atoms with Gasteiger partial charge in [0.1, 0.15) is 0 Å². The molecule has 0 heterocycles. The molecule has 2 saturated carbocycles. The Kier molecular flexibility index (Phi) is 4.04. The highest BCUT2D eigenvalue weighted by Crippen LogP contribution is 2.26. The Hall–Kier alpha value is -0.0800. The first-order valence-corrected chi connectivity index (χ1v) is 6.63. The van der Waals surface area contributed by atoms with Crippen molar-refractivity contribution in [2.24, 2.45) is 5.92 Å². The van der Waals surface area contributed by atoms with E-state index in [1.165, 1.54) is 38.5 Å². The highest BCUT2D eigenvalue weighted by molar-refractivity contribution is 4.81. The van der Waals surface area contributed by atoms with Gasteiger partial charge in [-0.25, -0.2) is 0 Å². The van der Waals surface area contributed by atoms with Crippen LogP contribution in [0.3, 0.4) is 0 Å². The van der Waals surface area contributed by atoms with Crippen LogP contribution in [-0.2, 0) is 4.74 Å². The maximum atomic E-state index is 6.06. The lowest BCUT2D eigenvalue weighted by atomic mass is 9.89. The van der Waals surface area contributed by atoms with Gasteiger partial charge in [-0.05, 0) is 51.4 Å². The normalized spacial score (nSPS) is 34.0. The van der Waals surface area contributed by atoms with Crippen molar-refractivity contribution in [3.8, 4) is 0 Å². The van der Waals surface area contributed by atoms with Gasteiger partial charge in [-0.3, -0.25) is 0 Å². The van der Waals surface area contributed by atoms with Gasteiger partial charge in [-0.1, -0.05) is 6.92 Å². The third kappa shape index (κ3) is 4.12. The first-order chi connectivity index (χ1) is 7.24. The molecule has 0 aromatic heterocycles. The minimum Gasteiger partial charge on any atom is -0.374 e. The first-order valence-electron chi connectivity index (χ1n) is 6.63. The molecule has 2 nitrogen and oxygen atoms in total. The lowest BCUT2D eigenvalue weighted by molar-refractivity contribution is -0.0260. The Morgan fingerprint density at radius 1 is 1.13 bits per heavy atom. The van der Waals surface area contributed by atoms with Crippen molar-refractivity contribution >= 4 is 0 Å². The summed E-state index contributed by atoms with van der Waals surface area (Å²) in [5, 5.41) is 3.53. The van der Waals surface area contributed by atoms with Crippen molar-refractivity contribution in [3.05, 3.63) is 0 Å². The highest BCUT2D eigenvalue weighted by Gasteiger charge is 2.23. The fourth-order valence-electron chi connectivity index (χ4n) is 2.36. The summed E-state index contributed by atoms with van der Waals surface area (Å²) in [6.07, 6.45) is 8.92. The Morgan fingerprint density at radius 2 is 1.80 bits per heavy atom. The van der Waals surface area contributed by atoms with E-state index in [4.69, 9.17) is 4.74 Å². The summed E-state index contributed by atoms with van der Waals surface area (Å²) in [7, 11) is 0. The Labute approximate surface area is 93.8 Å². The van der Waals surface area contributed by atoms with Crippen molar-refractivity contribution in [1.29, 1.82) is 0 Å². The minimum atomic E-state index is 0.393. The van der Waals surface area contributed by atoms with Gasteiger partial charge in [0.15, 0.2) is 0 Å². The van der Waals surface area contributed by atoms with Gasteiger partial charge in [-0.2, -0.15) is 0 Å². The molecule has 0 spiro atoms. The lowest BCUT2D eigenvalue weighted by Gasteiger charge is -2.29. The van der Waals surface area contributed by atoms with Crippen LogP contribution in [0.2, 0.25) is 0 Å². The second-order valence-corrected chi connectivity index (χ2v) is 5.51. The van der Waals surface area contributed by atoms with Crippen LogP contribution in [0.5, 0.6) is 0 Å². The maximum absolute atomic E-state index is 6.06. The Bertz CT molecular complexity index is 183. The van der Waals surface area contributed by atoms with Gasteiger partial charge >= 0.3 is 0 Å². The van der Waals surface area contributed by atoms with Crippen LogP contribution in [-0.4, -0.2) is 24.8 Å². The fourth-order valence-corrected chi connectivity index (χ4v) is 2.36. The van der Waals surface area contributed by atoms with E-state index in [2.05, 4.69) is 19.2 Å². The first kappa shape index (κ1) is 11.4. The molecular weight excluding hydrogens is 186 g/mol. The number of hydrogen-bond acceptors (Lipinski definition) is 2. The molecule has 1 N–H and O–H groups in total. The summed E-state index contributed by atoms with van der Waals surface area (Å²) in [5.41, 5.74) is 0. The van der Waals surface area contributed by atoms with Gasteiger partial charge in [0.05, 0.1) is 12.2 Å². The number of ether oxygens (including phenoxy) is 1. The van der Waals surface area contributed by atoms with Gasteiger partial charge in [0, 0.05) is 12.6 Å². The number of nitrogens with one attached hydrogen (secondary N) is 1. The number of hydrogen-bond donors (Lipinski definition) is 1. The van der Waals surface area contributed by atoms with Gasteiger partial charge in [0.2, 0.25) is 0 Å². The largest absolute Gasteiger partial charge is 0.374 e. The van der Waals surface area contributed by atoms with E-state index < -0.39 is 0 Å². The molecule has 1 atom stereocenters. The molecule has 0 aromatic rings. The molecule has 15 heavy (non-hydrogen) atoms. The molecule has 0 saturated heterocycles. The molecule has 2 aliphatic rings. The molecule has 2 heteroatoms. The van der Waals surface area contributed by atoms with Crippen molar-refractivity contribution in [2.45, 2.75) is 70.6 Å². The predicted octanol–water partition coefficient (Wildman–Crippen LogP) is 2.72. The van der Waals surface area contributed by atoms with E-state index in [1.807, 2.05) is 0 Å². The molecule has 0 amide bonds. The smallest absolute Gasteiger partial charge is 0.0675 e. The van der Waals surface area contributed by atoms with E-state index >= 15 is 0 Å². The second kappa shape index (κ2) is 5.31. The summed E-state index contributed by atoms with van der Waals surface area (Å²) < 4.78 is 6.06. The summed E-state index contributed by atoms with van der Waals surface area (Å²) >= 11 is 0. The summed E-state index contributed by atoms with van der Waals surface area (Å²) in [5.74, 6) is 0.921. The minimum absolute atomic E-state index is 0.393. The maximum Gasteiger partial charge on any atom is 0.0675 e. The van der Waals surface area contributed by atoms with Crippen LogP contribution in [0, 0.1) is 5.92 Å². The molecule has 0 aliphatic heterocycles. The SMILES string of the molecule is CC1CCC(OC(C)CNC2CC2)CC1. The lowest BCUT2D eigenvalue weighted by Crippen LogP contribution is -2.33. The van der Waals surface area contributed by atoms with Crippen molar-refractivity contribution in [3.63, 3.8) is 0 Å². The zero-order chi connectivity index (χ0) is 10.7. The molecule has 1 unspecified atom stereocenters. The third-order valence-electron chi connectivity index (χ3n) is 3.66. The fraction of sp³-hybridized carbons (Fsp3) is 1.00. The topological polar surface area (TPSA) is 21.3 Å². The van der Waals surface area contributed by atoms with E-state index in [1.54, 1.807) is 0 Å². The molecule has 0 aromatic carbocycles. The van der Waals surface area contributed by atoms with Gasteiger partial charge < -0.3 is 10.1 Å². The van der Waals surface area contributed by atoms with Crippen LogP contribution in [0.4, 0.5) is 0 Å². The molecule has 0 radical (unpaired) electrons. The van der Waals surface area contributed by atoms with Crippen molar-refractivity contribution in [2.75, 3.05) is 6.54 Å². The molecular formula is C13H25NO. The Balaban J connectivity index is 1.58. The zero-order valence-electron chi connectivity index (χ0n) is 10.2. The second-order valence-electron chi connectivity index (χ2n) is 5.51. The third-order valence-corrected chi connectivity index (χ3v) is 3.66. The Morgan fingerprint density at radius 3 is 2.40 bits per heavy atom. The summed E-state index contributed by atoms with van der Waals surface area (Å²) in [6.45, 7) is 5.60. The molecule has 2 fully saturated rings. The average Bonchev–Trinajstić information content (AvgIpc) is 3.02. The molecule has 88 valence electrons. The molecule has 2 aliphatic carbocycles. The summed E-state index contributed by atoms with van der Waals surface area (Å²) in [4.78, 5) is 0. The summed E-state index contributed by atoms with van der Waals surface area (Å²) in [6, 6.07) is 0.808.